The molecule has 5 nitrogen and oxygen atoms in total. The smallest absolute Gasteiger partial charge is 0.328 e. The van der Waals surface area contributed by atoms with Gasteiger partial charge in [0.25, 0.3) is 5.91 Å². The van der Waals surface area contributed by atoms with Crippen LogP contribution >= 0.6 is 11.6 Å². The number of esters is 1. The van der Waals surface area contributed by atoms with Crippen molar-refractivity contribution in [3.63, 3.8) is 0 Å². The lowest BCUT2D eigenvalue weighted by Crippen LogP contribution is -2.41. The minimum Gasteiger partial charge on any atom is -0.464 e. The lowest BCUT2D eigenvalue weighted by Gasteiger charge is -2.23. The van der Waals surface area contributed by atoms with Gasteiger partial charge in [-0.1, -0.05) is 11.6 Å². The fraction of sp³-hybridized carbons (Fsp3) is 0.429. The standard InChI is InChI=1S/C14H17ClN2O3/c1-2-20-14(19)12-4-3-7-17(12)13(18)9-5-6-10(15)11(16)8-9/h5-6,8,12H,2-4,7,16H2,1H3. The summed E-state index contributed by atoms with van der Waals surface area (Å²) in [5, 5.41) is 0.407. The summed E-state index contributed by atoms with van der Waals surface area (Å²) >= 11 is 5.84. The third-order valence-corrected chi connectivity index (χ3v) is 3.66. The second-order valence-electron chi connectivity index (χ2n) is 4.64. The van der Waals surface area contributed by atoms with Gasteiger partial charge < -0.3 is 15.4 Å². The largest absolute Gasteiger partial charge is 0.464 e. The molecule has 0 radical (unpaired) electrons. The molecule has 6 heteroatoms. The summed E-state index contributed by atoms with van der Waals surface area (Å²) in [7, 11) is 0. The molecule has 1 unspecified atom stereocenters. The molecule has 1 aromatic carbocycles. The van der Waals surface area contributed by atoms with E-state index in [2.05, 4.69) is 0 Å². The van der Waals surface area contributed by atoms with Crippen molar-refractivity contribution in [2.24, 2.45) is 0 Å². The van der Waals surface area contributed by atoms with Crippen molar-refractivity contribution < 1.29 is 14.3 Å². The Bertz CT molecular complexity index is 533. The maximum absolute atomic E-state index is 12.4. The number of nitrogens with two attached hydrogens (primary N) is 1. The van der Waals surface area contributed by atoms with Gasteiger partial charge in [-0.25, -0.2) is 4.79 Å². The predicted molar refractivity (Wildman–Crippen MR) is 76.6 cm³/mol. The summed E-state index contributed by atoms with van der Waals surface area (Å²) in [5.74, 6) is -0.566. The van der Waals surface area contributed by atoms with Gasteiger partial charge in [-0.05, 0) is 38.0 Å². The maximum atomic E-state index is 12.4. The highest BCUT2D eigenvalue weighted by molar-refractivity contribution is 6.33. The van der Waals surface area contributed by atoms with Gasteiger partial charge in [-0.3, -0.25) is 4.79 Å². The number of likely N-dealkylation sites (tertiary alicyclic amines) is 1. The van der Waals surface area contributed by atoms with E-state index in [-0.39, 0.29) is 11.9 Å². The van der Waals surface area contributed by atoms with Crippen LogP contribution in [0.15, 0.2) is 18.2 Å². The summed E-state index contributed by atoms with van der Waals surface area (Å²) in [6.45, 7) is 2.61. The van der Waals surface area contributed by atoms with Gasteiger partial charge in [0.1, 0.15) is 6.04 Å². The van der Waals surface area contributed by atoms with Crippen LogP contribution < -0.4 is 5.73 Å². The topological polar surface area (TPSA) is 72.6 Å². The molecule has 1 saturated heterocycles. The Morgan fingerprint density at radius 1 is 1.50 bits per heavy atom. The van der Waals surface area contributed by atoms with Crippen molar-refractivity contribution in [3.8, 4) is 0 Å². The van der Waals surface area contributed by atoms with Gasteiger partial charge in [0.05, 0.1) is 17.3 Å². The molecular weight excluding hydrogens is 280 g/mol. The van der Waals surface area contributed by atoms with E-state index in [0.717, 1.165) is 6.42 Å². The highest BCUT2D eigenvalue weighted by atomic mass is 35.5. The number of halogens is 1. The molecule has 0 saturated carbocycles. The van der Waals surface area contributed by atoms with Crippen molar-refractivity contribution >= 4 is 29.2 Å². The van der Waals surface area contributed by atoms with Gasteiger partial charge in [0.2, 0.25) is 0 Å². The zero-order chi connectivity index (χ0) is 14.7. The number of anilines is 1. The van der Waals surface area contributed by atoms with E-state index in [4.69, 9.17) is 22.1 Å². The zero-order valence-corrected chi connectivity index (χ0v) is 12.0. The van der Waals surface area contributed by atoms with Crippen LogP contribution in [0.5, 0.6) is 0 Å². The van der Waals surface area contributed by atoms with Crippen molar-refractivity contribution in [1.29, 1.82) is 0 Å². The molecule has 1 aliphatic rings. The van der Waals surface area contributed by atoms with E-state index >= 15 is 0 Å². The first kappa shape index (κ1) is 14.7. The van der Waals surface area contributed by atoms with Gasteiger partial charge >= 0.3 is 5.97 Å². The van der Waals surface area contributed by atoms with Crippen LogP contribution in [0.25, 0.3) is 0 Å². The number of nitrogen functional groups attached to an aromatic ring is 1. The Hall–Kier alpha value is -1.75. The van der Waals surface area contributed by atoms with E-state index in [0.29, 0.717) is 35.8 Å². The molecule has 0 aliphatic carbocycles. The summed E-state index contributed by atoms with van der Waals surface area (Å²) < 4.78 is 5.01. The number of amides is 1. The first-order valence-electron chi connectivity index (χ1n) is 6.57. The highest BCUT2D eigenvalue weighted by Gasteiger charge is 2.35. The summed E-state index contributed by atoms with van der Waals surface area (Å²) in [6.07, 6.45) is 1.42. The second-order valence-corrected chi connectivity index (χ2v) is 5.05. The quantitative estimate of drug-likeness (QED) is 0.685. The van der Waals surface area contributed by atoms with Crippen molar-refractivity contribution in [2.45, 2.75) is 25.8 Å². The van der Waals surface area contributed by atoms with Gasteiger partial charge in [0, 0.05) is 12.1 Å². The number of hydrogen-bond donors (Lipinski definition) is 1. The molecule has 0 aromatic heterocycles. The molecule has 1 aliphatic heterocycles. The van der Waals surface area contributed by atoms with Gasteiger partial charge in [0.15, 0.2) is 0 Å². The third-order valence-electron chi connectivity index (χ3n) is 3.32. The molecule has 108 valence electrons. The number of ether oxygens (including phenoxy) is 1. The SMILES string of the molecule is CCOC(=O)C1CCCN1C(=O)c1ccc(Cl)c(N)c1. The number of carbonyl (C=O) groups is 2. The molecule has 2 rings (SSSR count). The normalized spacial score (nSPS) is 18.1. The van der Waals surface area contributed by atoms with E-state index in [1.165, 1.54) is 6.07 Å². The van der Waals surface area contributed by atoms with Crippen LogP contribution in [0.4, 0.5) is 5.69 Å². The van der Waals surface area contributed by atoms with E-state index in [1.54, 1.807) is 24.0 Å². The Morgan fingerprint density at radius 2 is 2.25 bits per heavy atom. The highest BCUT2D eigenvalue weighted by Crippen LogP contribution is 2.24. The number of nitrogens with zero attached hydrogens (tertiary/aromatic N) is 1. The van der Waals surface area contributed by atoms with Crippen LogP contribution in [-0.2, 0) is 9.53 Å². The van der Waals surface area contributed by atoms with Gasteiger partial charge in [-0.2, -0.15) is 0 Å². The van der Waals surface area contributed by atoms with E-state index in [9.17, 15) is 9.59 Å². The minimum atomic E-state index is -0.501. The molecule has 1 amide bonds. The summed E-state index contributed by atoms with van der Waals surface area (Å²) in [5.41, 5.74) is 6.49. The molecule has 0 spiro atoms. The molecule has 1 aromatic rings. The maximum Gasteiger partial charge on any atom is 0.328 e. The molecule has 20 heavy (non-hydrogen) atoms. The fourth-order valence-electron chi connectivity index (χ4n) is 2.34. The number of rotatable bonds is 3. The monoisotopic (exact) mass is 296 g/mol. The fourth-order valence-corrected chi connectivity index (χ4v) is 2.45. The number of hydrogen-bond acceptors (Lipinski definition) is 4. The zero-order valence-electron chi connectivity index (χ0n) is 11.3. The van der Waals surface area contributed by atoms with Gasteiger partial charge in [-0.15, -0.1) is 0 Å². The molecule has 1 fully saturated rings. The summed E-state index contributed by atoms with van der Waals surface area (Å²) in [4.78, 5) is 25.8. The number of benzene rings is 1. The lowest BCUT2D eigenvalue weighted by molar-refractivity contribution is -0.147. The Kier molecular flexibility index (Phi) is 4.49. The molecular formula is C14H17ClN2O3. The van der Waals surface area contributed by atoms with E-state index < -0.39 is 6.04 Å². The molecule has 2 N–H and O–H groups in total. The molecule has 1 atom stereocenters. The molecule has 1 heterocycles. The predicted octanol–water partition coefficient (Wildman–Crippen LogP) is 2.09. The van der Waals surface area contributed by atoms with Crippen LogP contribution in [0.1, 0.15) is 30.1 Å². The van der Waals surface area contributed by atoms with E-state index in [1.807, 2.05) is 0 Å². The average molecular weight is 297 g/mol. The molecule has 0 bridgehead atoms. The Morgan fingerprint density at radius 3 is 2.90 bits per heavy atom. The third kappa shape index (κ3) is 2.88. The first-order valence-corrected chi connectivity index (χ1v) is 6.95. The van der Waals surface area contributed by atoms with Crippen LogP contribution in [-0.4, -0.2) is 36.0 Å². The lowest BCUT2D eigenvalue weighted by atomic mass is 10.1. The van der Waals surface area contributed by atoms with Crippen molar-refractivity contribution in [1.82, 2.24) is 4.90 Å². The van der Waals surface area contributed by atoms with Crippen molar-refractivity contribution in [2.75, 3.05) is 18.9 Å². The van der Waals surface area contributed by atoms with Crippen LogP contribution in [0.2, 0.25) is 5.02 Å². The van der Waals surface area contributed by atoms with Crippen molar-refractivity contribution in [3.05, 3.63) is 28.8 Å². The summed E-state index contributed by atoms with van der Waals surface area (Å²) in [6, 6.07) is 4.23. The minimum absolute atomic E-state index is 0.219. The van der Waals surface area contributed by atoms with Crippen LogP contribution in [0, 0.1) is 0 Å². The first-order chi connectivity index (χ1) is 9.54. The number of carbonyl (C=O) groups excluding carboxylic acids is 2. The Balaban J connectivity index is 2.18. The Labute approximate surface area is 122 Å². The average Bonchev–Trinajstić information content (AvgIpc) is 2.90. The van der Waals surface area contributed by atoms with Crippen LogP contribution in [0.3, 0.4) is 0 Å². The second kappa shape index (κ2) is 6.13.